The monoisotopic (exact) mass is 296 g/mol. The Morgan fingerprint density at radius 2 is 1.90 bits per heavy atom. The van der Waals surface area contributed by atoms with Gasteiger partial charge in [-0.1, -0.05) is 27.2 Å². The lowest BCUT2D eigenvalue weighted by atomic mass is 10.1. The Bertz CT molecular complexity index is 455. The van der Waals surface area contributed by atoms with Crippen LogP contribution in [0, 0.1) is 0 Å². The molecule has 0 unspecified atom stereocenters. The molecule has 2 amide bonds. The molecule has 1 aromatic rings. The number of hydrogen-bond acceptors (Lipinski definition) is 3. The van der Waals surface area contributed by atoms with E-state index < -0.39 is 0 Å². The van der Waals surface area contributed by atoms with E-state index in [-0.39, 0.29) is 18.4 Å². The highest BCUT2D eigenvalue weighted by Gasteiger charge is 2.14. The van der Waals surface area contributed by atoms with Crippen LogP contribution in [0.25, 0.3) is 0 Å². The first-order chi connectivity index (χ1) is 9.62. The van der Waals surface area contributed by atoms with E-state index in [1.807, 2.05) is 13.0 Å². The molecule has 0 fully saturated rings. The Hall–Kier alpha value is -1.36. The number of hydrogen-bond donors (Lipinski definition) is 2. The molecule has 4 nitrogen and oxygen atoms in total. The van der Waals surface area contributed by atoms with E-state index in [0.717, 1.165) is 25.7 Å². The number of nitrogens with one attached hydrogen (secondary N) is 2. The standard InChI is InChI=1S/C15H24N2O2S/c1-4-7-12-11(6-3)9-13(20-12)15(19)17-10-14(18)16-8-5-2/h9H,4-8,10H2,1-3H3,(H,16,18)(H,17,19). The van der Waals surface area contributed by atoms with E-state index in [1.54, 1.807) is 11.3 Å². The summed E-state index contributed by atoms with van der Waals surface area (Å²) in [6, 6.07) is 1.95. The van der Waals surface area contributed by atoms with E-state index in [0.29, 0.717) is 11.4 Å². The number of rotatable bonds is 8. The van der Waals surface area contributed by atoms with Gasteiger partial charge in [0.15, 0.2) is 0 Å². The molecule has 0 aliphatic carbocycles. The lowest BCUT2D eigenvalue weighted by Crippen LogP contribution is -2.36. The van der Waals surface area contributed by atoms with Gasteiger partial charge in [0.25, 0.3) is 5.91 Å². The zero-order valence-corrected chi connectivity index (χ0v) is 13.4. The fourth-order valence-electron chi connectivity index (χ4n) is 1.89. The van der Waals surface area contributed by atoms with E-state index in [2.05, 4.69) is 24.5 Å². The molecule has 0 saturated carbocycles. The topological polar surface area (TPSA) is 58.2 Å². The first-order valence-corrected chi connectivity index (χ1v) is 8.10. The molecule has 5 heteroatoms. The van der Waals surface area contributed by atoms with Gasteiger partial charge in [-0.2, -0.15) is 0 Å². The van der Waals surface area contributed by atoms with Gasteiger partial charge in [0, 0.05) is 11.4 Å². The smallest absolute Gasteiger partial charge is 0.261 e. The van der Waals surface area contributed by atoms with Crippen molar-refractivity contribution in [3.05, 3.63) is 21.4 Å². The summed E-state index contributed by atoms with van der Waals surface area (Å²) < 4.78 is 0. The summed E-state index contributed by atoms with van der Waals surface area (Å²) in [6.07, 6.45) is 3.92. The maximum Gasteiger partial charge on any atom is 0.261 e. The quantitative estimate of drug-likeness (QED) is 0.774. The molecule has 0 atom stereocenters. The molecule has 1 heterocycles. The van der Waals surface area contributed by atoms with Crippen LogP contribution in [0.3, 0.4) is 0 Å². The molecule has 0 saturated heterocycles. The van der Waals surface area contributed by atoms with Gasteiger partial charge in [0.2, 0.25) is 5.91 Å². The maximum absolute atomic E-state index is 12.0. The van der Waals surface area contributed by atoms with Crippen LogP contribution in [0.5, 0.6) is 0 Å². The minimum Gasteiger partial charge on any atom is -0.355 e. The van der Waals surface area contributed by atoms with Gasteiger partial charge in [-0.25, -0.2) is 0 Å². The lowest BCUT2D eigenvalue weighted by molar-refractivity contribution is -0.120. The second kappa shape index (κ2) is 8.74. The summed E-state index contributed by atoms with van der Waals surface area (Å²) in [5, 5.41) is 5.41. The molecule has 112 valence electrons. The summed E-state index contributed by atoms with van der Waals surface area (Å²) in [7, 11) is 0. The third-order valence-corrected chi connectivity index (χ3v) is 4.20. The van der Waals surface area contributed by atoms with E-state index >= 15 is 0 Å². The van der Waals surface area contributed by atoms with Crippen LogP contribution in [0.1, 0.15) is 53.7 Å². The van der Waals surface area contributed by atoms with Crippen LogP contribution in [0.15, 0.2) is 6.07 Å². The largest absolute Gasteiger partial charge is 0.355 e. The highest BCUT2D eigenvalue weighted by Crippen LogP contribution is 2.24. The Kier molecular flexibility index (Phi) is 7.30. The summed E-state index contributed by atoms with van der Waals surface area (Å²) in [6.45, 7) is 6.92. The van der Waals surface area contributed by atoms with Gasteiger partial charge < -0.3 is 10.6 Å². The molecule has 0 aromatic carbocycles. The van der Waals surface area contributed by atoms with Gasteiger partial charge in [-0.3, -0.25) is 9.59 Å². The van der Waals surface area contributed by atoms with Crippen molar-refractivity contribution in [1.82, 2.24) is 10.6 Å². The second-order valence-electron chi connectivity index (χ2n) is 4.70. The average Bonchev–Trinajstić information content (AvgIpc) is 2.86. The minimum absolute atomic E-state index is 0.0430. The fourth-order valence-corrected chi connectivity index (χ4v) is 3.16. The molecule has 0 aliphatic rings. The molecule has 2 N–H and O–H groups in total. The fraction of sp³-hybridized carbons (Fsp3) is 0.600. The molecule has 0 radical (unpaired) electrons. The molecule has 0 spiro atoms. The summed E-state index contributed by atoms with van der Waals surface area (Å²) in [5.74, 6) is -0.292. The number of thiophene rings is 1. The van der Waals surface area contributed by atoms with Crippen molar-refractivity contribution in [2.45, 2.75) is 46.5 Å². The number of amides is 2. The lowest BCUT2D eigenvalue weighted by Gasteiger charge is -2.04. The second-order valence-corrected chi connectivity index (χ2v) is 5.83. The van der Waals surface area contributed by atoms with Crippen LogP contribution in [0.2, 0.25) is 0 Å². The molecule has 1 rings (SSSR count). The van der Waals surface area contributed by atoms with Crippen molar-refractivity contribution in [1.29, 1.82) is 0 Å². The zero-order valence-electron chi connectivity index (χ0n) is 12.5. The van der Waals surface area contributed by atoms with Crippen molar-refractivity contribution in [2.24, 2.45) is 0 Å². The van der Waals surface area contributed by atoms with Gasteiger partial charge in [-0.15, -0.1) is 11.3 Å². The van der Waals surface area contributed by atoms with Gasteiger partial charge >= 0.3 is 0 Å². The van der Waals surface area contributed by atoms with Crippen LogP contribution >= 0.6 is 11.3 Å². The zero-order chi connectivity index (χ0) is 15.0. The molecule has 0 aliphatic heterocycles. The molecule has 20 heavy (non-hydrogen) atoms. The van der Waals surface area contributed by atoms with Crippen LogP contribution in [0.4, 0.5) is 0 Å². The summed E-state index contributed by atoms with van der Waals surface area (Å²) in [4.78, 5) is 25.5. The summed E-state index contributed by atoms with van der Waals surface area (Å²) >= 11 is 1.54. The van der Waals surface area contributed by atoms with E-state index in [4.69, 9.17) is 0 Å². The number of aryl methyl sites for hydroxylation is 2. The number of carbonyl (C=O) groups is 2. The first kappa shape index (κ1) is 16.7. The Labute approximate surface area is 125 Å². The maximum atomic E-state index is 12.0. The van der Waals surface area contributed by atoms with E-state index in [9.17, 15) is 9.59 Å². The van der Waals surface area contributed by atoms with Crippen molar-refractivity contribution in [3.63, 3.8) is 0 Å². The molecule has 1 aromatic heterocycles. The van der Waals surface area contributed by atoms with Crippen molar-refractivity contribution < 1.29 is 9.59 Å². The van der Waals surface area contributed by atoms with Crippen molar-refractivity contribution >= 4 is 23.2 Å². The van der Waals surface area contributed by atoms with Gasteiger partial charge in [0.05, 0.1) is 11.4 Å². The predicted octanol–water partition coefficient (Wildman–Crippen LogP) is 2.52. The Morgan fingerprint density at radius 3 is 2.50 bits per heavy atom. The Balaban J connectivity index is 2.57. The van der Waals surface area contributed by atoms with Crippen molar-refractivity contribution in [3.8, 4) is 0 Å². The minimum atomic E-state index is -0.154. The van der Waals surface area contributed by atoms with Crippen LogP contribution in [-0.2, 0) is 17.6 Å². The number of carbonyl (C=O) groups excluding carboxylic acids is 2. The summed E-state index contributed by atoms with van der Waals surface area (Å²) in [5.41, 5.74) is 1.25. The van der Waals surface area contributed by atoms with Crippen LogP contribution < -0.4 is 10.6 Å². The molecule has 0 bridgehead atoms. The van der Waals surface area contributed by atoms with Crippen LogP contribution in [-0.4, -0.2) is 24.9 Å². The van der Waals surface area contributed by atoms with Gasteiger partial charge in [-0.05, 0) is 30.9 Å². The predicted molar refractivity (Wildman–Crippen MR) is 83.3 cm³/mol. The SMILES string of the molecule is CCCNC(=O)CNC(=O)c1cc(CC)c(CCC)s1. The van der Waals surface area contributed by atoms with Gasteiger partial charge in [0.1, 0.15) is 0 Å². The first-order valence-electron chi connectivity index (χ1n) is 7.28. The third kappa shape index (κ3) is 4.96. The van der Waals surface area contributed by atoms with Crippen molar-refractivity contribution in [2.75, 3.05) is 13.1 Å². The average molecular weight is 296 g/mol. The molecular formula is C15H24N2O2S. The van der Waals surface area contributed by atoms with E-state index in [1.165, 1.54) is 10.4 Å². The normalized spacial score (nSPS) is 10.3. The highest BCUT2D eigenvalue weighted by atomic mass is 32.1. The Morgan fingerprint density at radius 1 is 1.15 bits per heavy atom. The third-order valence-electron chi connectivity index (χ3n) is 2.96. The highest BCUT2D eigenvalue weighted by molar-refractivity contribution is 7.14. The molecular weight excluding hydrogens is 272 g/mol.